The number of rotatable bonds is 4. The maximum atomic E-state index is 8.83. The van der Waals surface area contributed by atoms with Crippen LogP contribution in [0.5, 0.6) is 5.75 Å². The van der Waals surface area contributed by atoms with Crippen LogP contribution in [0.4, 0.5) is 0 Å². The van der Waals surface area contributed by atoms with Gasteiger partial charge in [-0.1, -0.05) is 20.7 Å². The molecule has 0 fully saturated rings. The Kier molecular flexibility index (Phi) is 4.06. The second kappa shape index (κ2) is 5.13. The second-order valence-corrected chi connectivity index (χ2v) is 3.44. The van der Waals surface area contributed by atoms with Gasteiger partial charge in [0.15, 0.2) is 0 Å². The molecule has 0 aliphatic carbocycles. The average Bonchev–Trinajstić information content (AvgIpc) is 2.15. The Morgan fingerprint density at radius 2 is 2.33 bits per heavy atom. The summed E-state index contributed by atoms with van der Waals surface area (Å²) in [5, 5.41) is 8.83. The molecule has 1 N–H and O–H groups in total. The minimum atomic E-state index is 0.0750. The van der Waals surface area contributed by atoms with Crippen LogP contribution in [-0.2, 0) is 6.61 Å². The Balaban J connectivity index is 2.60. The van der Waals surface area contributed by atoms with Gasteiger partial charge in [-0.2, -0.15) is 0 Å². The Hall–Kier alpha value is -0.590. The molecule has 3 heteroatoms. The van der Waals surface area contributed by atoms with E-state index in [1.165, 1.54) is 0 Å². The number of ether oxygens (including phenoxy) is 1. The third-order valence-corrected chi connectivity index (χ3v) is 1.90. The lowest BCUT2D eigenvalue weighted by atomic mass is 10.2. The van der Waals surface area contributed by atoms with E-state index in [4.69, 9.17) is 9.84 Å². The van der Waals surface area contributed by atoms with Gasteiger partial charge < -0.3 is 9.84 Å². The Labute approximate surface area is 74.3 Å². The highest BCUT2D eigenvalue weighted by atomic mass is 31.1. The van der Waals surface area contributed by atoms with Crippen molar-refractivity contribution in [3.8, 4) is 5.75 Å². The molecule has 0 aromatic heterocycles. The van der Waals surface area contributed by atoms with Crippen molar-refractivity contribution >= 4 is 8.58 Å². The molecule has 1 aromatic carbocycles. The lowest BCUT2D eigenvalue weighted by Crippen LogP contribution is -1.91. The molecule has 1 unspecified atom stereocenters. The molecule has 2 nitrogen and oxygen atoms in total. The highest BCUT2D eigenvalue weighted by molar-refractivity contribution is 7.36. The van der Waals surface area contributed by atoms with Crippen molar-refractivity contribution in [3.63, 3.8) is 0 Å². The van der Waals surface area contributed by atoms with Crippen molar-refractivity contribution in [2.45, 2.75) is 6.61 Å². The van der Waals surface area contributed by atoms with E-state index in [-0.39, 0.29) is 6.61 Å². The van der Waals surface area contributed by atoms with E-state index in [2.05, 4.69) is 6.66 Å². The van der Waals surface area contributed by atoms with Gasteiger partial charge in [-0.3, -0.25) is 0 Å². The van der Waals surface area contributed by atoms with E-state index < -0.39 is 0 Å². The molecule has 0 radical (unpaired) electrons. The summed E-state index contributed by atoms with van der Waals surface area (Å²) in [7, 11) is 0.796. The monoisotopic (exact) mass is 184 g/mol. The van der Waals surface area contributed by atoms with E-state index in [1.54, 1.807) is 0 Å². The number of hydrogen-bond donors (Lipinski definition) is 1. The smallest absolute Gasteiger partial charge is 0.120 e. The van der Waals surface area contributed by atoms with Gasteiger partial charge in [-0.25, -0.2) is 0 Å². The Bertz CT molecular complexity index is 238. The molecule has 0 bridgehead atoms. The Morgan fingerprint density at radius 3 is 3.00 bits per heavy atom. The molecular weight excluding hydrogens is 171 g/mol. The fourth-order valence-electron chi connectivity index (χ4n) is 0.889. The third kappa shape index (κ3) is 2.80. The zero-order chi connectivity index (χ0) is 8.81. The molecular formula is C9H13O2P. The predicted molar refractivity (Wildman–Crippen MR) is 52.1 cm³/mol. The van der Waals surface area contributed by atoms with Crippen molar-refractivity contribution in [2.75, 3.05) is 13.0 Å². The molecule has 1 rings (SSSR count). The summed E-state index contributed by atoms with van der Waals surface area (Å²) in [6.45, 7) is 2.17. The van der Waals surface area contributed by atoms with E-state index in [0.717, 1.165) is 26.2 Å². The molecule has 0 heterocycles. The molecule has 66 valence electrons. The molecule has 1 aromatic rings. The van der Waals surface area contributed by atoms with Crippen LogP contribution >= 0.6 is 8.58 Å². The molecule has 0 aliphatic heterocycles. The molecule has 0 spiro atoms. The fourth-order valence-corrected chi connectivity index (χ4v) is 1.20. The van der Waals surface area contributed by atoms with E-state index in [1.807, 2.05) is 24.3 Å². The first-order valence-corrected chi connectivity index (χ1v) is 5.54. The summed E-state index contributed by atoms with van der Waals surface area (Å²) >= 11 is 0. The van der Waals surface area contributed by atoms with Crippen LogP contribution in [0.25, 0.3) is 0 Å². The molecule has 0 amide bonds. The van der Waals surface area contributed by atoms with Gasteiger partial charge in [0.25, 0.3) is 0 Å². The van der Waals surface area contributed by atoms with Gasteiger partial charge in [0.05, 0.1) is 6.61 Å². The zero-order valence-corrected chi connectivity index (χ0v) is 8.08. The van der Waals surface area contributed by atoms with Gasteiger partial charge in [-0.15, -0.1) is 0 Å². The van der Waals surface area contributed by atoms with Gasteiger partial charge in [0.2, 0.25) is 0 Å². The van der Waals surface area contributed by atoms with E-state index >= 15 is 0 Å². The normalized spacial score (nSPS) is 10.8. The SMILES string of the molecule is CPCOc1cccc(CO)c1. The third-order valence-electron chi connectivity index (χ3n) is 1.46. The molecule has 12 heavy (non-hydrogen) atoms. The summed E-state index contributed by atoms with van der Waals surface area (Å²) < 4.78 is 5.40. The topological polar surface area (TPSA) is 29.5 Å². The average molecular weight is 184 g/mol. The first-order valence-electron chi connectivity index (χ1n) is 3.84. The van der Waals surface area contributed by atoms with Gasteiger partial charge in [0.1, 0.15) is 12.1 Å². The molecule has 0 aliphatic rings. The highest BCUT2D eigenvalue weighted by Crippen LogP contribution is 2.15. The Morgan fingerprint density at radius 1 is 1.50 bits per heavy atom. The van der Waals surface area contributed by atoms with Gasteiger partial charge in [-0.05, 0) is 24.4 Å². The predicted octanol–water partition coefficient (Wildman–Crippen LogP) is 1.82. The number of aliphatic hydroxyl groups excluding tert-OH is 1. The largest absolute Gasteiger partial charge is 0.489 e. The number of aliphatic hydroxyl groups is 1. The van der Waals surface area contributed by atoms with Crippen LogP contribution in [0.1, 0.15) is 5.56 Å². The van der Waals surface area contributed by atoms with Crippen LogP contribution in [-0.4, -0.2) is 18.1 Å². The minimum absolute atomic E-state index is 0.0750. The van der Waals surface area contributed by atoms with Crippen molar-refractivity contribution in [1.82, 2.24) is 0 Å². The maximum absolute atomic E-state index is 8.83. The van der Waals surface area contributed by atoms with E-state index in [0.29, 0.717) is 0 Å². The summed E-state index contributed by atoms with van der Waals surface area (Å²) in [5.74, 6) is 0.843. The van der Waals surface area contributed by atoms with Crippen LogP contribution in [0, 0.1) is 0 Å². The van der Waals surface area contributed by atoms with Gasteiger partial charge in [0, 0.05) is 0 Å². The fraction of sp³-hybridized carbons (Fsp3) is 0.333. The van der Waals surface area contributed by atoms with Crippen molar-refractivity contribution in [3.05, 3.63) is 29.8 Å². The van der Waals surface area contributed by atoms with Crippen molar-refractivity contribution in [1.29, 1.82) is 0 Å². The summed E-state index contributed by atoms with van der Waals surface area (Å²) in [6, 6.07) is 7.53. The lowest BCUT2D eigenvalue weighted by Gasteiger charge is -2.04. The first-order chi connectivity index (χ1) is 5.86. The van der Waals surface area contributed by atoms with Crippen LogP contribution in [0.3, 0.4) is 0 Å². The second-order valence-electron chi connectivity index (χ2n) is 2.45. The first kappa shape index (κ1) is 9.50. The highest BCUT2D eigenvalue weighted by Gasteiger charge is 1.93. The van der Waals surface area contributed by atoms with Crippen molar-refractivity contribution in [2.24, 2.45) is 0 Å². The number of benzene rings is 1. The zero-order valence-electron chi connectivity index (χ0n) is 7.08. The van der Waals surface area contributed by atoms with Crippen molar-refractivity contribution < 1.29 is 9.84 Å². The van der Waals surface area contributed by atoms with Crippen LogP contribution in [0.2, 0.25) is 0 Å². The summed E-state index contributed by atoms with van der Waals surface area (Å²) in [5.41, 5.74) is 0.895. The van der Waals surface area contributed by atoms with Gasteiger partial charge >= 0.3 is 0 Å². The standard InChI is InChI=1S/C9H13O2P/c1-12-7-11-9-4-2-3-8(5-9)6-10/h2-5,10,12H,6-7H2,1H3. The minimum Gasteiger partial charge on any atom is -0.489 e. The summed E-state index contributed by atoms with van der Waals surface area (Å²) in [4.78, 5) is 0. The van der Waals surface area contributed by atoms with E-state index in [9.17, 15) is 0 Å². The number of hydrogen-bond acceptors (Lipinski definition) is 2. The van der Waals surface area contributed by atoms with Crippen LogP contribution < -0.4 is 4.74 Å². The quantitative estimate of drug-likeness (QED) is 0.723. The maximum Gasteiger partial charge on any atom is 0.120 e. The molecule has 0 saturated carbocycles. The summed E-state index contributed by atoms with van der Waals surface area (Å²) in [6.07, 6.45) is 0.759. The lowest BCUT2D eigenvalue weighted by molar-refractivity contribution is 0.281. The molecule has 0 saturated heterocycles. The van der Waals surface area contributed by atoms with Crippen LogP contribution in [0.15, 0.2) is 24.3 Å². The molecule has 1 atom stereocenters.